The predicted molar refractivity (Wildman–Crippen MR) is 20.9 cm³/mol. The molecule has 0 aliphatic rings. The molecule has 5 heavy (non-hydrogen) atoms. The standard InChI is InChI=1S/Ba.2H2NO/c;2*1-2/h;2*1H2/q+2;2*-1. The Kier molecular flexibility index (Phi) is 171. The van der Waals surface area contributed by atoms with E-state index in [1.165, 1.54) is 0 Å². The normalized spacial score (nSPS) is 2.40. The van der Waals surface area contributed by atoms with E-state index in [1.807, 2.05) is 0 Å². The SMILES string of the molecule is N[O-].N[O-].[Ba+2]. The second kappa shape index (κ2) is 52.9. The molecule has 0 aromatic rings. The van der Waals surface area contributed by atoms with Gasteiger partial charge in [-0.05, 0) is 0 Å². The molecule has 5 heteroatoms. The third kappa shape index (κ3) is 31.6. The quantitative estimate of drug-likeness (QED) is 0.368. The minimum atomic E-state index is 0. The van der Waals surface area contributed by atoms with E-state index in [4.69, 9.17) is 10.4 Å². The average molecular weight is 201 g/mol. The van der Waals surface area contributed by atoms with Crippen molar-refractivity contribution in [3.8, 4) is 0 Å². The maximum Gasteiger partial charge on any atom is 2.00 e. The summed E-state index contributed by atoms with van der Waals surface area (Å²) >= 11 is 0. The van der Waals surface area contributed by atoms with Crippen molar-refractivity contribution >= 4 is 48.9 Å². The predicted octanol–water partition coefficient (Wildman–Crippen LogP) is -1.50. The van der Waals surface area contributed by atoms with Gasteiger partial charge in [0.05, 0.1) is 0 Å². The van der Waals surface area contributed by atoms with E-state index in [-0.39, 0.29) is 48.9 Å². The Hall–Kier alpha value is 1.41. The zero-order valence-corrected chi connectivity index (χ0v) is 7.12. The molecule has 0 aliphatic carbocycles. The summed E-state index contributed by atoms with van der Waals surface area (Å²) < 4.78 is 0. The minimum Gasteiger partial charge on any atom is -0.790 e. The molecule has 0 bridgehead atoms. The van der Waals surface area contributed by atoms with Gasteiger partial charge in [0.25, 0.3) is 0 Å². The summed E-state index contributed by atoms with van der Waals surface area (Å²) in [4.78, 5) is 0. The first-order chi connectivity index (χ1) is 2.00. The number of hydrogen-bond donors (Lipinski definition) is 2. The molecule has 0 spiro atoms. The van der Waals surface area contributed by atoms with Crippen molar-refractivity contribution in [3.05, 3.63) is 10.4 Å². The first-order valence-corrected chi connectivity index (χ1v) is 0.471. The van der Waals surface area contributed by atoms with Gasteiger partial charge in [-0.15, -0.1) is 0 Å². The van der Waals surface area contributed by atoms with E-state index in [9.17, 15) is 0 Å². The van der Waals surface area contributed by atoms with Gasteiger partial charge in [-0.1, -0.05) is 0 Å². The second-order valence-electron chi connectivity index (χ2n) is 0. The minimum absolute atomic E-state index is 0. The van der Waals surface area contributed by atoms with Crippen LogP contribution in [0.5, 0.6) is 0 Å². The molecule has 0 heterocycles. The molecule has 4 N–H and O–H groups in total. The maximum absolute atomic E-state index is 7.75. The molecule has 4 nitrogen and oxygen atoms in total. The van der Waals surface area contributed by atoms with Gasteiger partial charge in [-0.2, -0.15) is 0 Å². The summed E-state index contributed by atoms with van der Waals surface area (Å²) in [7, 11) is 0. The molecule has 0 saturated heterocycles. The van der Waals surface area contributed by atoms with Gasteiger partial charge >= 0.3 is 48.9 Å². The van der Waals surface area contributed by atoms with Crippen LogP contribution in [0, 0.1) is 10.4 Å². The van der Waals surface area contributed by atoms with Gasteiger partial charge in [0.15, 0.2) is 0 Å². The molecule has 0 fully saturated rings. The molecule has 0 unspecified atom stereocenters. The van der Waals surface area contributed by atoms with Crippen molar-refractivity contribution in [1.29, 1.82) is 0 Å². The molecule has 28 valence electrons. The first kappa shape index (κ1) is 16.1. The Morgan fingerprint density at radius 2 is 0.800 bits per heavy atom. The zero-order chi connectivity index (χ0) is 4.00. The van der Waals surface area contributed by atoms with Crippen LogP contribution in [0.1, 0.15) is 0 Å². The summed E-state index contributed by atoms with van der Waals surface area (Å²) in [5.74, 6) is 6.50. The van der Waals surface area contributed by atoms with Gasteiger partial charge in [0, 0.05) is 0 Å². The molecular formula is H4BaN2O2. The molecule has 0 rings (SSSR count). The summed E-state index contributed by atoms with van der Waals surface area (Å²) in [6.07, 6.45) is 0. The van der Waals surface area contributed by atoms with Crippen molar-refractivity contribution < 1.29 is 0 Å². The fourth-order valence-corrected chi connectivity index (χ4v) is 0. The molecule has 0 aromatic heterocycles. The van der Waals surface area contributed by atoms with Crippen LogP contribution in [0.4, 0.5) is 0 Å². The van der Waals surface area contributed by atoms with E-state index in [0.717, 1.165) is 0 Å². The van der Waals surface area contributed by atoms with Gasteiger partial charge in [0.2, 0.25) is 0 Å². The Bertz CT molecular complexity index is 7.61. The van der Waals surface area contributed by atoms with Crippen LogP contribution in [0.3, 0.4) is 0 Å². The van der Waals surface area contributed by atoms with Gasteiger partial charge in [0.1, 0.15) is 0 Å². The van der Waals surface area contributed by atoms with E-state index in [2.05, 4.69) is 11.8 Å². The molecule has 0 atom stereocenters. The van der Waals surface area contributed by atoms with Crippen molar-refractivity contribution in [3.63, 3.8) is 0 Å². The fraction of sp³-hybridized carbons (Fsp3) is 0. The topological polar surface area (TPSA) is 98.2 Å². The molecule has 0 amide bonds. The number of nitrogens with two attached hydrogens (primary N) is 2. The second-order valence-corrected chi connectivity index (χ2v) is 0. The van der Waals surface area contributed by atoms with Gasteiger partial charge in [-0.25, -0.2) is 0 Å². The Morgan fingerprint density at radius 1 is 0.800 bits per heavy atom. The molecule has 0 saturated carbocycles. The van der Waals surface area contributed by atoms with Crippen LogP contribution in [-0.2, 0) is 0 Å². The maximum atomic E-state index is 7.75. The number of hydrogen-bond acceptors (Lipinski definition) is 4. The smallest absolute Gasteiger partial charge is 0.790 e. The van der Waals surface area contributed by atoms with E-state index >= 15 is 0 Å². The fourth-order valence-electron chi connectivity index (χ4n) is 0. The van der Waals surface area contributed by atoms with Gasteiger partial charge in [-0.3, -0.25) is 0 Å². The largest absolute Gasteiger partial charge is 2.00 e. The van der Waals surface area contributed by atoms with Crippen LogP contribution in [0.25, 0.3) is 0 Å². The van der Waals surface area contributed by atoms with Crippen LogP contribution in [-0.4, -0.2) is 48.9 Å². The summed E-state index contributed by atoms with van der Waals surface area (Å²) in [6.45, 7) is 0. The number of rotatable bonds is 0. The van der Waals surface area contributed by atoms with Crippen molar-refractivity contribution in [2.24, 2.45) is 11.8 Å². The van der Waals surface area contributed by atoms with Crippen LogP contribution in [0.2, 0.25) is 0 Å². The Labute approximate surface area is 70.1 Å². The van der Waals surface area contributed by atoms with E-state index in [1.54, 1.807) is 0 Å². The summed E-state index contributed by atoms with van der Waals surface area (Å²) in [6, 6.07) is 0. The zero-order valence-electron chi connectivity index (χ0n) is 2.68. The van der Waals surface area contributed by atoms with Crippen molar-refractivity contribution in [2.75, 3.05) is 0 Å². The molecule has 0 radical (unpaired) electrons. The van der Waals surface area contributed by atoms with E-state index in [0.29, 0.717) is 0 Å². The summed E-state index contributed by atoms with van der Waals surface area (Å²) in [5.41, 5.74) is 0. The van der Waals surface area contributed by atoms with Gasteiger partial charge < -0.3 is 22.2 Å². The van der Waals surface area contributed by atoms with Crippen LogP contribution >= 0.6 is 0 Å². The van der Waals surface area contributed by atoms with Crippen molar-refractivity contribution in [1.82, 2.24) is 0 Å². The Balaban J connectivity index is -0.0000000133. The van der Waals surface area contributed by atoms with Crippen molar-refractivity contribution in [2.45, 2.75) is 0 Å². The summed E-state index contributed by atoms with van der Waals surface area (Å²) in [5, 5.41) is 15.5. The van der Waals surface area contributed by atoms with E-state index < -0.39 is 0 Å². The molecule has 0 aromatic carbocycles. The first-order valence-electron chi connectivity index (χ1n) is 0.471. The third-order valence-corrected chi connectivity index (χ3v) is 0. The monoisotopic (exact) mass is 202 g/mol. The average Bonchev–Trinajstić information content (AvgIpc) is 1.50. The van der Waals surface area contributed by atoms with Crippen LogP contribution < -0.4 is 11.8 Å². The molecule has 0 aliphatic heterocycles. The van der Waals surface area contributed by atoms with Crippen LogP contribution in [0.15, 0.2) is 0 Å². The third-order valence-electron chi connectivity index (χ3n) is 0. The Morgan fingerprint density at radius 3 is 0.800 bits per heavy atom. The molecular weight excluding hydrogens is 197 g/mol.